The maximum atomic E-state index is 12.4. The average molecular weight is 291 g/mol. The number of carbonyl (C=O) groups excluding carboxylic acids is 1. The number of likely N-dealkylation sites (tertiary alicyclic amines) is 1. The second kappa shape index (κ2) is 7.98. The van der Waals surface area contributed by atoms with Gasteiger partial charge < -0.3 is 15.0 Å². The number of nitrogens with zero attached hydrogens (tertiary/aromatic N) is 2. The average Bonchev–Trinajstić information content (AvgIpc) is 2.78. The molecule has 2 heterocycles. The van der Waals surface area contributed by atoms with E-state index in [9.17, 15) is 4.79 Å². The normalized spacial score (nSPS) is 17.1. The number of nitrogens with one attached hydrogen (secondary N) is 1. The summed E-state index contributed by atoms with van der Waals surface area (Å²) in [6.07, 6.45) is 5.85. The van der Waals surface area contributed by atoms with Crippen LogP contribution in [0.1, 0.15) is 38.3 Å². The van der Waals surface area contributed by atoms with E-state index in [1.807, 2.05) is 31.0 Å². The Morgan fingerprint density at radius 3 is 2.62 bits per heavy atom. The van der Waals surface area contributed by atoms with Gasteiger partial charge in [-0.2, -0.15) is 0 Å². The van der Waals surface area contributed by atoms with E-state index in [4.69, 9.17) is 4.74 Å². The van der Waals surface area contributed by atoms with Crippen molar-refractivity contribution in [2.45, 2.75) is 45.3 Å². The van der Waals surface area contributed by atoms with E-state index in [0.29, 0.717) is 5.75 Å². The van der Waals surface area contributed by atoms with E-state index in [1.54, 1.807) is 6.20 Å². The monoisotopic (exact) mass is 291 g/mol. The quantitative estimate of drug-likeness (QED) is 0.901. The van der Waals surface area contributed by atoms with Gasteiger partial charge in [-0.3, -0.25) is 9.78 Å². The standard InChI is InChI=1S/C16H25N3O2/c1-13(16(20)19-9-5-3-4-6-10-19)21-15-8-7-14(11-17-2)18-12-15/h7-8,12-13,17H,3-6,9-11H2,1-2H3. The van der Waals surface area contributed by atoms with E-state index < -0.39 is 6.10 Å². The van der Waals surface area contributed by atoms with E-state index in [-0.39, 0.29) is 5.91 Å². The number of rotatable bonds is 5. The van der Waals surface area contributed by atoms with Crippen LogP contribution in [-0.4, -0.2) is 42.0 Å². The van der Waals surface area contributed by atoms with Gasteiger partial charge in [0.05, 0.1) is 11.9 Å². The first-order chi connectivity index (χ1) is 10.2. The molecule has 2 rings (SSSR count). The number of aromatic nitrogens is 1. The number of pyridine rings is 1. The molecule has 1 atom stereocenters. The van der Waals surface area contributed by atoms with Crippen LogP contribution in [0.4, 0.5) is 0 Å². The third-order valence-corrected chi connectivity index (χ3v) is 3.73. The molecule has 1 amide bonds. The summed E-state index contributed by atoms with van der Waals surface area (Å²) in [5, 5.41) is 3.05. The molecular weight excluding hydrogens is 266 g/mol. The molecule has 1 aromatic rings. The SMILES string of the molecule is CNCc1ccc(OC(C)C(=O)N2CCCCCC2)cn1. The largest absolute Gasteiger partial charge is 0.479 e. The topological polar surface area (TPSA) is 54.5 Å². The Hall–Kier alpha value is -1.62. The molecule has 0 bridgehead atoms. The first-order valence-corrected chi connectivity index (χ1v) is 7.75. The van der Waals surface area contributed by atoms with Crippen molar-refractivity contribution in [3.8, 4) is 5.75 Å². The molecule has 0 spiro atoms. The molecule has 1 unspecified atom stereocenters. The fraction of sp³-hybridized carbons (Fsp3) is 0.625. The van der Waals surface area contributed by atoms with Crippen LogP contribution in [0.15, 0.2) is 18.3 Å². The molecule has 116 valence electrons. The molecular formula is C16H25N3O2. The zero-order valence-electron chi connectivity index (χ0n) is 13.0. The Morgan fingerprint density at radius 2 is 2.05 bits per heavy atom. The zero-order valence-corrected chi connectivity index (χ0v) is 13.0. The summed E-state index contributed by atoms with van der Waals surface area (Å²) in [7, 11) is 1.88. The van der Waals surface area contributed by atoms with Gasteiger partial charge in [0.25, 0.3) is 5.91 Å². The van der Waals surface area contributed by atoms with Gasteiger partial charge in [-0.25, -0.2) is 0 Å². The molecule has 1 N–H and O–H groups in total. The second-order valence-electron chi connectivity index (χ2n) is 5.52. The summed E-state index contributed by atoms with van der Waals surface area (Å²) < 4.78 is 5.73. The Morgan fingerprint density at radius 1 is 1.33 bits per heavy atom. The lowest BCUT2D eigenvalue weighted by molar-refractivity contribution is -0.137. The predicted molar refractivity (Wildman–Crippen MR) is 82.1 cm³/mol. The molecule has 1 aliphatic heterocycles. The highest BCUT2D eigenvalue weighted by atomic mass is 16.5. The molecule has 0 saturated carbocycles. The number of hydrogen-bond acceptors (Lipinski definition) is 4. The number of carbonyl (C=O) groups is 1. The summed E-state index contributed by atoms with van der Waals surface area (Å²) >= 11 is 0. The molecule has 1 aromatic heterocycles. The van der Waals surface area contributed by atoms with Crippen LogP contribution in [-0.2, 0) is 11.3 Å². The van der Waals surface area contributed by atoms with Crippen molar-refractivity contribution in [3.63, 3.8) is 0 Å². The summed E-state index contributed by atoms with van der Waals surface area (Å²) in [6, 6.07) is 3.78. The molecule has 21 heavy (non-hydrogen) atoms. The molecule has 0 aromatic carbocycles. The van der Waals surface area contributed by atoms with Gasteiger partial charge in [-0.05, 0) is 38.9 Å². The van der Waals surface area contributed by atoms with Crippen LogP contribution in [0.3, 0.4) is 0 Å². The minimum atomic E-state index is -0.458. The van der Waals surface area contributed by atoms with Crippen LogP contribution in [0.2, 0.25) is 0 Å². The van der Waals surface area contributed by atoms with Crippen molar-refractivity contribution < 1.29 is 9.53 Å². The van der Waals surface area contributed by atoms with Crippen LogP contribution in [0, 0.1) is 0 Å². The van der Waals surface area contributed by atoms with Gasteiger partial charge in [-0.1, -0.05) is 12.8 Å². The van der Waals surface area contributed by atoms with Crippen molar-refractivity contribution in [1.29, 1.82) is 0 Å². The zero-order chi connectivity index (χ0) is 15.1. The van der Waals surface area contributed by atoms with E-state index >= 15 is 0 Å². The van der Waals surface area contributed by atoms with Crippen molar-refractivity contribution in [2.75, 3.05) is 20.1 Å². The highest BCUT2D eigenvalue weighted by Gasteiger charge is 2.22. The van der Waals surface area contributed by atoms with E-state index in [0.717, 1.165) is 38.2 Å². The number of amides is 1. The molecule has 0 radical (unpaired) electrons. The molecule has 5 heteroatoms. The third kappa shape index (κ3) is 4.70. The number of hydrogen-bond donors (Lipinski definition) is 1. The Balaban J connectivity index is 1.90. The lowest BCUT2D eigenvalue weighted by Gasteiger charge is -2.24. The highest BCUT2D eigenvalue weighted by Crippen LogP contribution is 2.15. The molecule has 5 nitrogen and oxygen atoms in total. The summed E-state index contributed by atoms with van der Waals surface area (Å²) in [5.74, 6) is 0.724. The third-order valence-electron chi connectivity index (χ3n) is 3.73. The minimum absolute atomic E-state index is 0.0798. The fourth-order valence-electron chi connectivity index (χ4n) is 2.57. The van der Waals surface area contributed by atoms with Crippen molar-refractivity contribution >= 4 is 5.91 Å². The van der Waals surface area contributed by atoms with Crippen molar-refractivity contribution in [1.82, 2.24) is 15.2 Å². The van der Waals surface area contributed by atoms with Crippen LogP contribution in [0.5, 0.6) is 5.75 Å². The lowest BCUT2D eigenvalue weighted by Crippen LogP contribution is -2.41. The fourth-order valence-corrected chi connectivity index (χ4v) is 2.57. The summed E-state index contributed by atoms with van der Waals surface area (Å²) in [6.45, 7) is 4.25. The van der Waals surface area contributed by atoms with Gasteiger partial charge in [0.1, 0.15) is 5.75 Å². The van der Waals surface area contributed by atoms with Gasteiger partial charge in [-0.15, -0.1) is 0 Å². The minimum Gasteiger partial charge on any atom is -0.479 e. The molecule has 1 fully saturated rings. The smallest absolute Gasteiger partial charge is 0.263 e. The summed E-state index contributed by atoms with van der Waals surface area (Å²) in [5.41, 5.74) is 0.955. The predicted octanol–water partition coefficient (Wildman–Crippen LogP) is 1.97. The second-order valence-corrected chi connectivity index (χ2v) is 5.52. The summed E-state index contributed by atoms with van der Waals surface area (Å²) in [4.78, 5) is 18.6. The Bertz CT molecular complexity index is 439. The van der Waals surface area contributed by atoms with Crippen molar-refractivity contribution in [3.05, 3.63) is 24.0 Å². The van der Waals surface area contributed by atoms with Gasteiger partial charge in [0.2, 0.25) is 0 Å². The first-order valence-electron chi connectivity index (χ1n) is 7.75. The highest BCUT2D eigenvalue weighted by molar-refractivity contribution is 5.80. The maximum Gasteiger partial charge on any atom is 0.263 e. The molecule has 1 aliphatic rings. The van der Waals surface area contributed by atoms with Crippen LogP contribution < -0.4 is 10.1 Å². The van der Waals surface area contributed by atoms with Crippen LogP contribution >= 0.6 is 0 Å². The Kier molecular flexibility index (Phi) is 5.99. The van der Waals surface area contributed by atoms with Gasteiger partial charge in [0, 0.05) is 19.6 Å². The Labute approximate surface area is 126 Å². The maximum absolute atomic E-state index is 12.4. The van der Waals surface area contributed by atoms with Crippen LogP contribution in [0.25, 0.3) is 0 Å². The van der Waals surface area contributed by atoms with E-state index in [2.05, 4.69) is 10.3 Å². The molecule has 1 saturated heterocycles. The van der Waals surface area contributed by atoms with Crippen molar-refractivity contribution in [2.24, 2.45) is 0 Å². The van der Waals surface area contributed by atoms with Gasteiger partial charge in [0.15, 0.2) is 6.10 Å². The van der Waals surface area contributed by atoms with E-state index in [1.165, 1.54) is 12.8 Å². The number of ether oxygens (including phenoxy) is 1. The molecule has 0 aliphatic carbocycles. The lowest BCUT2D eigenvalue weighted by atomic mass is 10.2. The van der Waals surface area contributed by atoms with Gasteiger partial charge >= 0.3 is 0 Å². The first kappa shape index (κ1) is 15.8.